The van der Waals surface area contributed by atoms with Gasteiger partial charge in [0, 0.05) is 24.6 Å². The third-order valence-corrected chi connectivity index (χ3v) is 3.09. The fourth-order valence-corrected chi connectivity index (χ4v) is 2.02. The Morgan fingerprint density at radius 1 is 1.26 bits per heavy atom. The van der Waals surface area contributed by atoms with Crippen molar-refractivity contribution in [3.8, 4) is 11.8 Å². The number of aliphatic hydroxyl groups is 1. The largest absolute Gasteiger partial charge is 0.395 e. The van der Waals surface area contributed by atoms with Crippen LogP contribution in [0.25, 0.3) is 0 Å². The van der Waals surface area contributed by atoms with Crippen molar-refractivity contribution in [2.24, 2.45) is 0 Å². The van der Waals surface area contributed by atoms with Crippen LogP contribution in [0.5, 0.6) is 0 Å². The molecule has 0 saturated carbocycles. The summed E-state index contributed by atoms with van der Waals surface area (Å²) in [6.45, 7) is 8.85. The average Bonchev–Trinajstić information content (AvgIpc) is 2.40. The highest BCUT2D eigenvalue weighted by atomic mass is 16.2. The monoisotopic (exact) mass is 259 g/mol. The fourth-order valence-electron chi connectivity index (χ4n) is 2.02. The summed E-state index contributed by atoms with van der Waals surface area (Å²) >= 11 is 0. The summed E-state index contributed by atoms with van der Waals surface area (Å²) in [5.74, 6) is 6.17. The lowest BCUT2D eigenvalue weighted by Crippen LogP contribution is -2.31. The van der Waals surface area contributed by atoms with Crippen LogP contribution in [0.4, 0.5) is 0 Å². The molecule has 0 aliphatic heterocycles. The molecule has 0 bridgehead atoms. The van der Waals surface area contributed by atoms with Gasteiger partial charge in [0.15, 0.2) is 0 Å². The van der Waals surface area contributed by atoms with Crippen molar-refractivity contribution in [2.45, 2.75) is 46.2 Å². The maximum absolute atomic E-state index is 8.79. The van der Waals surface area contributed by atoms with Crippen LogP contribution in [-0.2, 0) is 6.54 Å². The Labute approximate surface area is 117 Å². The van der Waals surface area contributed by atoms with Gasteiger partial charge in [0.1, 0.15) is 0 Å². The molecular formula is C17H25NO. The smallest absolute Gasteiger partial charge is 0.0540 e. The molecule has 0 fully saturated rings. The highest BCUT2D eigenvalue weighted by Gasteiger charge is 2.10. The summed E-state index contributed by atoms with van der Waals surface area (Å²) in [6, 6.07) is 8.83. The molecule has 1 aromatic carbocycles. The van der Waals surface area contributed by atoms with E-state index in [-0.39, 0.29) is 6.61 Å². The van der Waals surface area contributed by atoms with E-state index in [0.29, 0.717) is 12.5 Å². The SMILES string of the molecule is CCCN(Cc1ccccc1C#CCCO)C(C)C. The van der Waals surface area contributed by atoms with Crippen molar-refractivity contribution in [1.82, 2.24) is 4.90 Å². The molecular weight excluding hydrogens is 234 g/mol. The van der Waals surface area contributed by atoms with E-state index >= 15 is 0 Å². The molecule has 2 nitrogen and oxygen atoms in total. The summed E-state index contributed by atoms with van der Waals surface area (Å²) in [5, 5.41) is 8.79. The van der Waals surface area contributed by atoms with Crippen LogP contribution < -0.4 is 0 Å². The van der Waals surface area contributed by atoms with Crippen LogP contribution in [0, 0.1) is 11.8 Å². The summed E-state index contributed by atoms with van der Waals surface area (Å²) in [5.41, 5.74) is 2.35. The maximum atomic E-state index is 8.79. The van der Waals surface area contributed by atoms with Gasteiger partial charge in [-0.1, -0.05) is 37.0 Å². The number of aliphatic hydroxyl groups excluding tert-OH is 1. The standard InChI is InChI=1S/C17H25NO/c1-4-12-18(15(2)3)14-17-11-6-5-9-16(17)10-7-8-13-19/h5-6,9,11,15,19H,4,8,12-14H2,1-3H3. The van der Waals surface area contributed by atoms with Gasteiger partial charge in [-0.15, -0.1) is 0 Å². The second-order valence-corrected chi connectivity index (χ2v) is 5.00. The summed E-state index contributed by atoms with van der Waals surface area (Å²) in [7, 11) is 0. The van der Waals surface area contributed by atoms with Gasteiger partial charge in [0.2, 0.25) is 0 Å². The molecule has 0 aromatic heterocycles. The molecule has 0 saturated heterocycles. The molecule has 0 heterocycles. The predicted molar refractivity (Wildman–Crippen MR) is 80.9 cm³/mol. The van der Waals surface area contributed by atoms with E-state index in [2.05, 4.69) is 55.7 Å². The quantitative estimate of drug-likeness (QED) is 0.794. The minimum atomic E-state index is 0.128. The molecule has 19 heavy (non-hydrogen) atoms. The van der Waals surface area contributed by atoms with Gasteiger partial charge in [-0.3, -0.25) is 4.90 Å². The Bertz CT molecular complexity index is 428. The first-order valence-corrected chi connectivity index (χ1v) is 7.10. The number of benzene rings is 1. The summed E-state index contributed by atoms with van der Waals surface area (Å²) < 4.78 is 0. The second-order valence-electron chi connectivity index (χ2n) is 5.00. The number of hydrogen-bond donors (Lipinski definition) is 1. The first-order valence-electron chi connectivity index (χ1n) is 7.10. The third-order valence-electron chi connectivity index (χ3n) is 3.09. The predicted octanol–water partition coefficient (Wildman–Crippen LogP) is 3.04. The Kier molecular flexibility index (Phi) is 7.25. The maximum Gasteiger partial charge on any atom is 0.0540 e. The molecule has 104 valence electrons. The summed E-state index contributed by atoms with van der Waals surface area (Å²) in [4.78, 5) is 2.46. The lowest BCUT2D eigenvalue weighted by atomic mass is 10.1. The van der Waals surface area contributed by atoms with Crippen molar-refractivity contribution >= 4 is 0 Å². The van der Waals surface area contributed by atoms with E-state index in [4.69, 9.17) is 5.11 Å². The molecule has 0 radical (unpaired) electrons. The van der Waals surface area contributed by atoms with E-state index in [1.165, 1.54) is 5.56 Å². The minimum absolute atomic E-state index is 0.128. The fraction of sp³-hybridized carbons (Fsp3) is 0.529. The topological polar surface area (TPSA) is 23.5 Å². The molecule has 0 atom stereocenters. The van der Waals surface area contributed by atoms with Gasteiger partial charge < -0.3 is 5.11 Å². The van der Waals surface area contributed by atoms with Crippen molar-refractivity contribution in [3.63, 3.8) is 0 Å². The molecule has 1 rings (SSSR count). The first-order chi connectivity index (χ1) is 9.19. The normalized spacial score (nSPS) is 10.6. The van der Waals surface area contributed by atoms with Crippen LogP contribution in [0.1, 0.15) is 44.7 Å². The van der Waals surface area contributed by atoms with Crippen LogP contribution >= 0.6 is 0 Å². The molecule has 0 spiro atoms. The zero-order valence-electron chi connectivity index (χ0n) is 12.3. The lowest BCUT2D eigenvalue weighted by Gasteiger charge is -2.26. The molecule has 0 unspecified atom stereocenters. The lowest BCUT2D eigenvalue weighted by molar-refractivity contribution is 0.213. The average molecular weight is 259 g/mol. The van der Waals surface area contributed by atoms with Crippen molar-refractivity contribution in [1.29, 1.82) is 0 Å². The Hall–Kier alpha value is -1.30. The van der Waals surface area contributed by atoms with Gasteiger partial charge in [0.05, 0.1) is 6.61 Å². The molecule has 0 amide bonds. The Morgan fingerprint density at radius 3 is 2.63 bits per heavy atom. The highest BCUT2D eigenvalue weighted by Crippen LogP contribution is 2.13. The van der Waals surface area contributed by atoms with E-state index < -0.39 is 0 Å². The highest BCUT2D eigenvalue weighted by molar-refractivity contribution is 5.41. The second kappa shape index (κ2) is 8.74. The zero-order chi connectivity index (χ0) is 14.1. The van der Waals surface area contributed by atoms with Crippen molar-refractivity contribution < 1.29 is 5.11 Å². The Morgan fingerprint density at radius 2 is 2.00 bits per heavy atom. The van der Waals surface area contributed by atoms with E-state index in [9.17, 15) is 0 Å². The van der Waals surface area contributed by atoms with Crippen LogP contribution in [0.2, 0.25) is 0 Å². The summed E-state index contributed by atoms with van der Waals surface area (Å²) in [6.07, 6.45) is 1.70. The van der Waals surface area contributed by atoms with Crippen molar-refractivity contribution in [2.75, 3.05) is 13.2 Å². The van der Waals surface area contributed by atoms with E-state index in [1.54, 1.807) is 0 Å². The van der Waals surface area contributed by atoms with Crippen LogP contribution in [0.15, 0.2) is 24.3 Å². The molecule has 1 aromatic rings. The molecule has 0 aliphatic rings. The van der Waals surface area contributed by atoms with E-state index in [1.807, 2.05) is 6.07 Å². The zero-order valence-corrected chi connectivity index (χ0v) is 12.3. The number of rotatable bonds is 6. The van der Waals surface area contributed by atoms with Crippen LogP contribution in [-0.4, -0.2) is 29.2 Å². The van der Waals surface area contributed by atoms with Gasteiger partial charge in [0.25, 0.3) is 0 Å². The first kappa shape index (κ1) is 15.8. The van der Waals surface area contributed by atoms with Gasteiger partial charge >= 0.3 is 0 Å². The third kappa shape index (κ3) is 5.46. The van der Waals surface area contributed by atoms with Gasteiger partial charge in [-0.05, 0) is 38.4 Å². The van der Waals surface area contributed by atoms with Crippen LogP contribution in [0.3, 0.4) is 0 Å². The molecule has 1 N–H and O–H groups in total. The molecule has 0 aliphatic carbocycles. The van der Waals surface area contributed by atoms with Gasteiger partial charge in [-0.25, -0.2) is 0 Å². The number of hydrogen-bond acceptors (Lipinski definition) is 2. The Balaban J connectivity index is 2.85. The molecule has 2 heteroatoms. The van der Waals surface area contributed by atoms with Crippen molar-refractivity contribution in [3.05, 3.63) is 35.4 Å². The number of nitrogens with zero attached hydrogens (tertiary/aromatic N) is 1. The van der Waals surface area contributed by atoms with Gasteiger partial charge in [-0.2, -0.15) is 0 Å². The minimum Gasteiger partial charge on any atom is -0.395 e. The van der Waals surface area contributed by atoms with E-state index in [0.717, 1.165) is 25.1 Å².